The molecule has 0 spiro atoms. The van der Waals surface area contributed by atoms with Crippen molar-refractivity contribution in [3.8, 4) is 6.07 Å². The van der Waals surface area contributed by atoms with Crippen molar-refractivity contribution in [2.75, 3.05) is 23.4 Å². The van der Waals surface area contributed by atoms with Crippen LogP contribution in [0.3, 0.4) is 0 Å². The number of nitrogens with zero attached hydrogens (tertiary/aromatic N) is 2. The lowest BCUT2D eigenvalue weighted by molar-refractivity contribution is -0.115. The molecule has 1 unspecified atom stereocenters. The number of hydrogen-bond donors (Lipinski definition) is 2. The summed E-state index contributed by atoms with van der Waals surface area (Å²) in [5, 5.41) is 15.6. The van der Waals surface area contributed by atoms with Gasteiger partial charge >= 0.3 is 0 Å². The van der Waals surface area contributed by atoms with Crippen LogP contribution in [0.2, 0.25) is 0 Å². The van der Waals surface area contributed by atoms with Gasteiger partial charge in [0.25, 0.3) is 0 Å². The van der Waals surface area contributed by atoms with Gasteiger partial charge < -0.3 is 15.2 Å². The van der Waals surface area contributed by atoms with Crippen LogP contribution >= 0.6 is 0 Å². The molecule has 2 aromatic rings. The summed E-state index contributed by atoms with van der Waals surface area (Å²) in [7, 11) is -3.06. The Morgan fingerprint density at radius 2 is 1.97 bits per heavy atom. The summed E-state index contributed by atoms with van der Waals surface area (Å²) in [4.78, 5) is 12.6. The molecule has 0 radical (unpaired) electrons. The van der Waals surface area contributed by atoms with Crippen molar-refractivity contribution in [2.45, 2.75) is 39.3 Å². The molecule has 0 aliphatic carbocycles. The fourth-order valence-corrected chi connectivity index (χ4v) is 5.84. The summed E-state index contributed by atoms with van der Waals surface area (Å²) < 4.78 is 25.4. The van der Waals surface area contributed by atoms with Gasteiger partial charge in [-0.05, 0) is 38.3 Å². The Kier molecular flexibility index (Phi) is 5.82. The Balaban J connectivity index is 1.78. The van der Waals surface area contributed by atoms with Crippen LogP contribution in [0.25, 0.3) is 0 Å². The second kappa shape index (κ2) is 8.01. The van der Waals surface area contributed by atoms with Gasteiger partial charge in [0.05, 0.1) is 23.6 Å². The standard InChI is InChI=1S/C21H26N4O3S/c1-15-16(2)25(13-17-7-5-4-6-8-17)20(18(15)11-22)24-19(26)12-23-21(3)9-10-29(27,28)14-21/h4-8,23H,9-10,12-14H2,1-3H3,(H,24,26). The number of carbonyl (C=O) groups is 1. The fourth-order valence-electron chi connectivity index (χ4n) is 3.71. The normalized spacial score (nSPS) is 20.3. The van der Waals surface area contributed by atoms with Gasteiger partial charge in [-0.15, -0.1) is 0 Å². The van der Waals surface area contributed by atoms with Crippen molar-refractivity contribution >= 4 is 21.6 Å². The lowest BCUT2D eigenvalue weighted by atomic mass is 10.0. The van der Waals surface area contributed by atoms with Crippen LogP contribution in [-0.4, -0.2) is 42.5 Å². The Labute approximate surface area is 171 Å². The van der Waals surface area contributed by atoms with E-state index in [2.05, 4.69) is 16.7 Å². The van der Waals surface area contributed by atoms with E-state index in [0.717, 1.165) is 16.8 Å². The molecular weight excluding hydrogens is 388 g/mol. The molecule has 1 amide bonds. The summed E-state index contributed by atoms with van der Waals surface area (Å²) in [6.45, 7) is 6.13. The third kappa shape index (κ3) is 4.69. The number of nitriles is 1. The number of rotatable bonds is 6. The summed E-state index contributed by atoms with van der Waals surface area (Å²) >= 11 is 0. The minimum Gasteiger partial charge on any atom is -0.326 e. The molecule has 1 aromatic carbocycles. The zero-order chi connectivity index (χ0) is 21.2. The highest BCUT2D eigenvalue weighted by Crippen LogP contribution is 2.27. The van der Waals surface area contributed by atoms with E-state index in [0.29, 0.717) is 24.3 Å². The largest absolute Gasteiger partial charge is 0.326 e. The van der Waals surface area contributed by atoms with Crippen molar-refractivity contribution in [1.82, 2.24) is 9.88 Å². The molecular formula is C21H26N4O3S. The number of nitrogens with one attached hydrogen (secondary N) is 2. The minimum absolute atomic E-state index is 0.0223. The van der Waals surface area contributed by atoms with Gasteiger partial charge in [-0.25, -0.2) is 8.42 Å². The SMILES string of the molecule is Cc1c(C#N)c(NC(=O)CNC2(C)CCS(=O)(=O)C2)n(Cc2ccccc2)c1C. The zero-order valence-electron chi connectivity index (χ0n) is 16.9. The van der Waals surface area contributed by atoms with Crippen molar-refractivity contribution in [3.63, 3.8) is 0 Å². The van der Waals surface area contributed by atoms with Gasteiger partial charge in [0, 0.05) is 17.8 Å². The van der Waals surface area contributed by atoms with Crippen molar-refractivity contribution in [2.24, 2.45) is 0 Å². The maximum Gasteiger partial charge on any atom is 0.239 e. The second-order valence-corrected chi connectivity index (χ2v) is 10.1. The first-order valence-electron chi connectivity index (χ1n) is 9.53. The van der Waals surface area contributed by atoms with Crippen LogP contribution in [0.15, 0.2) is 30.3 Å². The van der Waals surface area contributed by atoms with Gasteiger partial charge in [0.1, 0.15) is 11.9 Å². The van der Waals surface area contributed by atoms with Crippen LogP contribution in [0.5, 0.6) is 0 Å². The van der Waals surface area contributed by atoms with Gasteiger partial charge in [-0.1, -0.05) is 30.3 Å². The molecule has 1 aliphatic rings. The monoisotopic (exact) mass is 414 g/mol. The van der Waals surface area contributed by atoms with E-state index in [4.69, 9.17) is 0 Å². The quantitative estimate of drug-likeness (QED) is 0.754. The molecule has 7 nitrogen and oxygen atoms in total. The van der Waals surface area contributed by atoms with E-state index >= 15 is 0 Å². The van der Waals surface area contributed by atoms with E-state index in [1.165, 1.54) is 0 Å². The topological polar surface area (TPSA) is 104 Å². The fraction of sp³-hybridized carbons (Fsp3) is 0.429. The van der Waals surface area contributed by atoms with Gasteiger partial charge in [0.15, 0.2) is 9.84 Å². The average molecular weight is 415 g/mol. The lowest BCUT2D eigenvalue weighted by Crippen LogP contribution is -2.47. The molecule has 2 heterocycles. The summed E-state index contributed by atoms with van der Waals surface area (Å²) in [6, 6.07) is 12.0. The average Bonchev–Trinajstić information content (AvgIpc) is 3.08. The van der Waals surface area contributed by atoms with Crippen molar-refractivity contribution in [3.05, 3.63) is 52.7 Å². The molecule has 1 saturated heterocycles. The highest BCUT2D eigenvalue weighted by Gasteiger charge is 2.38. The van der Waals surface area contributed by atoms with Crippen molar-refractivity contribution in [1.29, 1.82) is 5.26 Å². The number of amides is 1. The smallest absolute Gasteiger partial charge is 0.239 e. The molecule has 154 valence electrons. The molecule has 0 bridgehead atoms. The first-order valence-corrected chi connectivity index (χ1v) is 11.4. The number of sulfone groups is 1. The minimum atomic E-state index is -3.06. The Hall–Kier alpha value is -2.63. The third-order valence-electron chi connectivity index (χ3n) is 5.56. The number of aromatic nitrogens is 1. The molecule has 29 heavy (non-hydrogen) atoms. The Morgan fingerprint density at radius 3 is 2.55 bits per heavy atom. The third-order valence-corrected chi connectivity index (χ3v) is 7.46. The lowest BCUT2D eigenvalue weighted by Gasteiger charge is -2.23. The highest BCUT2D eigenvalue weighted by molar-refractivity contribution is 7.91. The van der Waals surface area contributed by atoms with Gasteiger partial charge in [0.2, 0.25) is 5.91 Å². The molecule has 3 rings (SSSR count). The molecule has 1 aromatic heterocycles. The number of carbonyl (C=O) groups excluding carboxylic acids is 1. The molecule has 1 aliphatic heterocycles. The maximum atomic E-state index is 12.6. The zero-order valence-corrected chi connectivity index (χ0v) is 17.8. The predicted octanol–water partition coefficient (Wildman–Crippen LogP) is 2.13. The summed E-state index contributed by atoms with van der Waals surface area (Å²) in [5.74, 6) is 0.329. The number of benzene rings is 1. The van der Waals surface area contributed by atoms with Crippen LogP contribution in [0.4, 0.5) is 5.82 Å². The van der Waals surface area contributed by atoms with Crippen LogP contribution in [-0.2, 0) is 21.2 Å². The molecule has 0 saturated carbocycles. The highest BCUT2D eigenvalue weighted by atomic mass is 32.2. The van der Waals surface area contributed by atoms with E-state index in [9.17, 15) is 18.5 Å². The first-order chi connectivity index (χ1) is 13.6. The first kappa shape index (κ1) is 21.1. The molecule has 8 heteroatoms. The van der Waals surface area contributed by atoms with E-state index in [1.54, 1.807) is 0 Å². The van der Waals surface area contributed by atoms with Crippen LogP contribution < -0.4 is 10.6 Å². The molecule has 2 N–H and O–H groups in total. The van der Waals surface area contributed by atoms with E-state index in [1.807, 2.05) is 55.7 Å². The second-order valence-electron chi connectivity index (χ2n) is 7.92. The van der Waals surface area contributed by atoms with Gasteiger partial charge in [-0.3, -0.25) is 4.79 Å². The number of anilines is 1. The molecule has 1 atom stereocenters. The van der Waals surface area contributed by atoms with Gasteiger partial charge in [-0.2, -0.15) is 5.26 Å². The van der Waals surface area contributed by atoms with Crippen molar-refractivity contribution < 1.29 is 13.2 Å². The number of hydrogen-bond acceptors (Lipinski definition) is 5. The van der Waals surface area contributed by atoms with Crippen LogP contribution in [0.1, 0.15) is 35.7 Å². The Bertz CT molecular complexity index is 1070. The Morgan fingerprint density at radius 1 is 1.28 bits per heavy atom. The van der Waals surface area contributed by atoms with Crippen LogP contribution in [0, 0.1) is 25.2 Å². The predicted molar refractivity (Wildman–Crippen MR) is 112 cm³/mol. The molecule has 1 fully saturated rings. The maximum absolute atomic E-state index is 12.6. The summed E-state index contributed by atoms with van der Waals surface area (Å²) in [6.07, 6.45) is 0.481. The van der Waals surface area contributed by atoms with E-state index < -0.39 is 15.4 Å². The van der Waals surface area contributed by atoms with E-state index in [-0.39, 0.29) is 24.0 Å². The summed E-state index contributed by atoms with van der Waals surface area (Å²) in [5.41, 5.74) is 2.66.